The quantitative estimate of drug-likeness (QED) is 0.819. The van der Waals surface area contributed by atoms with E-state index in [1.165, 1.54) is 0 Å². The minimum atomic E-state index is -0.494. The van der Waals surface area contributed by atoms with E-state index in [0.29, 0.717) is 13.1 Å². The van der Waals surface area contributed by atoms with Crippen molar-refractivity contribution < 1.29 is 14.3 Å². The number of likely N-dealkylation sites (tertiary alicyclic amines) is 1. The van der Waals surface area contributed by atoms with Gasteiger partial charge in [-0.05, 0) is 53.5 Å². The molecule has 0 aliphatic carbocycles. The average molecular weight is 359 g/mol. The number of benzene rings is 1. The fourth-order valence-corrected chi connectivity index (χ4v) is 3.94. The van der Waals surface area contributed by atoms with Gasteiger partial charge in [0.15, 0.2) is 0 Å². The van der Waals surface area contributed by atoms with Gasteiger partial charge < -0.3 is 19.9 Å². The van der Waals surface area contributed by atoms with E-state index < -0.39 is 11.1 Å². The first kappa shape index (κ1) is 18.5. The first-order valence-electron chi connectivity index (χ1n) is 9.27. The van der Waals surface area contributed by atoms with Crippen LogP contribution in [-0.4, -0.2) is 46.7 Å². The Hall–Kier alpha value is -2.24. The second-order valence-corrected chi connectivity index (χ2v) is 8.60. The summed E-state index contributed by atoms with van der Waals surface area (Å²) in [4.78, 5) is 28.7. The SMILES string of the molecule is CC(C)(C)OC(=O)N1CCC(N2C(=O)Nc3ccccc3C2(C)C)CC1. The van der Waals surface area contributed by atoms with Crippen LogP contribution >= 0.6 is 0 Å². The van der Waals surface area contributed by atoms with Crippen LogP contribution < -0.4 is 5.32 Å². The van der Waals surface area contributed by atoms with E-state index in [1.54, 1.807) is 4.90 Å². The molecule has 2 aliphatic heterocycles. The lowest BCUT2D eigenvalue weighted by atomic mass is 9.86. The van der Waals surface area contributed by atoms with Crippen LogP contribution in [0.1, 0.15) is 53.0 Å². The van der Waals surface area contributed by atoms with Gasteiger partial charge in [0.05, 0.1) is 5.54 Å². The molecule has 2 heterocycles. The van der Waals surface area contributed by atoms with E-state index in [0.717, 1.165) is 24.1 Å². The van der Waals surface area contributed by atoms with Crippen LogP contribution in [0, 0.1) is 0 Å². The van der Waals surface area contributed by atoms with E-state index in [-0.39, 0.29) is 18.2 Å². The van der Waals surface area contributed by atoms with Crippen molar-refractivity contribution in [1.29, 1.82) is 0 Å². The van der Waals surface area contributed by atoms with Crippen LogP contribution in [0.15, 0.2) is 24.3 Å². The average Bonchev–Trinajstić information content (AvgIpc) is 2.53. The Bertz CT molecular complexity index is 700. The number of carbonyl (C=O) groups excluding carboxylic acids is 2. The summed E-state index contributed by atoms with van der Waals surface area (Å²) in [5.41, 5.74) is 1.11. The van der Waals surface area contributed by atoms with Crippen molar-refractivity contribution in [3.05, 3.63) is 29.8 Å². The van der Waals surface area contributed by atoms with Crippen molar-refractivity contribution in [2.45, 2.75) is 64.6 Å². The number of nitrogens with one attached hydrogen (secondary N) is 1. The molecule has 1 fully saturated rings. The maximum atomic E-state index is 12.8. The molecule has 6 heteroatoms. The molecule has 0 atom stereocenters. The Labute approximate surface area is 155 Å². The smallest absolute Gasteiger partial charge is 0.410 e. The molecule has 0 saturated carbocycles. The monoisotopic (exact) mass is 359 g/mol. The number of amides is 3. The van der Waals surface area contributed by atoms with E-state index in [2.05, 4.69) is 25.2 Å². The number of fused-ring (bicyclic) bond motifs is 1. The molecule has 142 valence electrons. The fourth-order valence-electron chi connectivity index (χ4n) is 3.94. The Morgan fingerprint density at radius 3 is 2.42 bits per heavy atom. The highest BCUT2D eigenvalue weighted by Crippen LogP contribution is 2.40. The van der Waals surface area contributed by atoms with Crippen LogP contribution in [0.25, 0.3) is 0 Å². The minimum absolute atomic E-state index is 0.0654. The lowest BCUT2D eigenvalue weighted by Crippen LogP contribution is -2.59. The summed E-state index contributed by atoms with van der Waals surface area (Å²) in [5.74, 6) is 0. The predicted molar refractivity (Wildman–Crippen MR) is 101 cm³/mol. The van der Waals surface area contributed by atoms with E-state index in [9.17, 15) is 9.59 Å². The van der Waals surface area contributed by atoms with Crippen molar-refractivity contribution in [2.75, 3.05) is 18.4 Å². The van der Waals surface area contributed by atoms with Gasteiger partial charge in [-0.2, -0.15) is 0 Å². The Kier molecular flexibility index (Phi) is 4.63. The molecule has 0 bridgehead atoms. The highest BCUT2D eigenvalue weighted by atomic mass is 16.6. The molecule has 26 heavy (non-hydrogen) atoms. The lowest BCUT2D eigenvalue weighted by molar-refractivity contribution is 0.0107. The van der Waals surface area contributed by atoms with Gasteiger partial charge in [-0.1, -0.05) is 18.2 Å². The number of hydrogen-bond acceptors (Lipinski definition) is 3. The van der Waals surface area contributed by atoms with Crippen molar-refractivity contribution in [3.8, 4) is 0 Å². The lowest BCUT2D eigenvalue weighted by Gasteiger charge is -2.49. The van der Waals surface area contributed by atoms with Crippen molar-refractivity contribution in [2.24, 2.45) is 0 Å². The number of carbonyl (C=O) groups is 2. The number of anilines is 1. The van der Waals surface area contributed by atoms with Crippen LogP contribution in [0.5, 0.6) is 0 Å². The summed E-state index contributed by atoms with van der Waals surface area (Å²) in [6.45, 7) is 11.0. The number of hydrogen-bond donors (Lipinski definition) is 1. The zero-order valence-corrected chi connectivity index (χ0v) is 16.3. The number of nitrogens with zero attached hydrogens (tertiary/aromatic N) is 2. The highest BCUT2D eigenvalue weighted by molar-refractivity contribution is 5.94. The molecule has 1 N–H and O–H groups in total. The number of piperidine rings is 1. The molecule has 1 aromatic rings. The van der Waals surface area contributed by atoms with Gasteiger partial charge in [-0.3, -0.25) is 0 Å². The summed E-state index contributed by atoms with van der Waals surface area (Å²) in [7, 11) is 0. The Morgan fingerprint density at radius 2 is 1.81 bits per heavy atom. The van der Waals surface area contributed by atoms with Gasteiger partial charge in [0.25, 0.3) is 0 Å². The number of rotatable bonds is 1. The molecule has 1 aromatic carbocycles. The zero-order chi connectivity index (χ0) is 19.1. The third-order valence-electron chi connectivity index (χ3n) is 5.13. The van der Waals surface area contributed by atoms with E-state index in [4.69, 9.17) is 4.74 Å². The van der Waals surface area contributed by atoms with Crippen molar-refractivity contribution in [3.63, 3.8) is 0 Å². The van der Waals surface area contributed by atoms with Gasteiger partial charge in [0, 0.05) is 30.4 Å². The second-order valence-electron chi connectivity index (χ2n) is 8.60. The Balaban J connectivity index is 1.71. The molecule has 6 nitrogen and oxygen atoms in total. The molecule has 3 rings (SSSR count). The molecule has 0 spiro atoms. The summed E-state index contributed by atoms with van der Waals surface area (Å²) in [6, 6.07) is 7.97. The minimum Gasteiger partial charge on any atom is -0.444 e. The van der Waals surface area contributed by atoms with Gasteiger partial charge in [-0.25, -0.2) is 9.59 Å². The van der Waals surface area contributed by atoms with Crippen molar-refractivity contribution >= 4 is 17.8 Å². The number of para-hydroxylation sites is 1. The third-order valence-corrected chi connectivity index (χ3v) is 5.13. The molecule has 0 unspecified atom stereocenters. The molecular formula is C20H29N3O3. The summed E-state index contributed by atoms with van der Waals surface area (Å²) < 4.78 is 5.46. The Morgan fingerprint density at radius 1 is 1.19 bits per heavy atom. The molecule has 0 radical (unpaired) electrons. The maximum absolute atomic E-state index is 12.8. The van der Waals surface area contributed by atoms with Gasteiger partial charge in [0.1, 0.15) is 5.60 Å². The normalized spacial score (nSPS) is 20.4. The highest BCUT2D eigenvalue weighted by Gasteiger charge is 2.43. The van der Waals surface area contributed by atoms with Crippen LogP contribution in [0.4, 0.5) is 15.3 Å². The standard InChI is InChI=1S/C20H29N3O3/c1-19(2,3)26-18(25)22-12-10-14(11-13-22)23-17(24)21-16-9-7-6-8-15(16)20(23,4)5/h6-9,14H,10-13H2,1-5H3,(H,21,24). The third kappa shape index (κ3) is 3.50. The first-order chi connectivity index (χ1) is 12.1. The maximum Gasteiger partial charge on any atom is 0.410 e. The van der Waals surface area contributed by atoms with Crippen molar-refractivity contribution in [1.82, 2.24) is 9.80 Å². The van der Waals surface area contributed by atoms with Gasteiger partial charge >= 0.3 is 12.1 Å². The molecule has 2 aliphatic rings. The van der Waals surface area contributed by atoms with Crippen LogP contribution in [-0.2, 0) is 10.3 Å². The second kappa shape index (κ2) is 6.49. The molecule has 1 saturated heterocycles. The number of ether oxygens (including phenoxy) is 1. The largest absolute Gasteiger partial charge is 0.444 e. The summed E-state index contributed by atoms with van der Waals surface area (Å²) in [6.07, 6.45) is 1.22. The summed E-state index contributed by atoms with van der Waals surface area (Å²) in [5, 5.41) is 3.01. The predicted octanol–water partition coefficient (Wildman–Crippen LogP) is 4.17. The molecular weight excluding hydrogens is 330 g/mol. The van der Waals surface area contributed by atoms with Gasteiger partial charge in [0.2, 0.25) is 0 Å². The molecule has 0 aromatic heterocycles. The van der Waals surface area contributed by atoms with Crippen LogP contribution in [0.2, 0.25) is 0 Å². The van der Waals surface area contributed by atoms with E-state index in [1.807, 2.05) is 43.9 Å². The molecule has 3 amide bonds. The van der Waals surface area contributed by atoms with Crippen LogP contribution in [0.3, 0.4) is 0 Å². The summed E-state index contributed by atoms with van der Waals surface area (Å²) >= 11 is 0. The zero-order valence-electron chi connectivity index (χ0n) is 16.3. The number of urea groups is 1. The fraction of sp³-hybridized carbons (Fsp3) is 0.600. The topological polar surface area (TPSA) is 61.9 Å². The first-order valence-corrected chi connectivity index (χ1v) is 9.27. The van der Waals surface area contributed by atoms with Gasteiger partial charge in [-0.15, -0.1) is 0 Å². The van der Waals surface area contributed by atoms with E-state index >= 15 is 0 Å².